The lowest BCUT2D eigenvalue weighted by molar-refractivity contribution is -0.119. The number of Topliss-reactive ketones (excluding diaryl/α,β-unsaturated/α-hetero) is 2. The Kier molecular flexibility index (Phi) is 8.63. The number of ketones is 2. The van der Waals surface area contributed by atoms with E-state index in [-0.39, 0.29) is 17.5 Å². The number of hydrogen-bond donors (Lipinski definition) is 0. The van der Waals surface area contributed by atoms with Gasteiger partial charge in [0, 0.05) is 18.4 Å². The number of carbonyl (C=O) groups excluding carboxylic acids is 2. The maximum Gasteiger partial charge on any atom is 0.162 e. The Bertz CT molecular complexity index is 762. The van der Waals surface area contributed by atoms with Gasteiger partial charge in [0.05, 0.1) is 5.92 Å². The van der Waals surface area contributed by atoms with E-state index in [0.717, 1.165) is 48.8 Å². The van der Waals surface area contributed by atoms with Crippen LogP contribution in [0.2, 0.25) is 0 Å². The summed E-state index contributed by atoms with van der Waals surface area (Å²) in [5.41, 5.74) is 5.35. The van der Waals surface area contributed by atoms with Gasteiger partial charge in [-0.3, -0.25) is 9.59 Å². The Balaban J connectivity index is 2.75. The van der Waals surface area contributed by atoms with Gasteiger partial charge in [-0.25, -0.2) is 0 Å². The van der Waals surface area contributed by atoms with E-state index in [4.69, 9.17) is 0 Å². The molecule has 0 fully saturated rings. The van der Waals surface area contributed by atoms with Gasteiger partial charge in [0.25, 0.3) is 0 Å². The van der Waals surface area contributed by atoms with Gasteiger partial charge in [0.15, 0.2) is 5.78 Å². The molecule has 2 rings (SSSR count). The molecule has 28 heavy (non-hydrogen) atoms. The standard InChI is InChI=1S/C26H34O2/c1-5-12-20-17-22(23(27)8-4)18-21(13-6-2)25(20)26(24(28)14-7-3)19-15-10-9-11-16-19/h9-11,15-18,26H,5-8,12-14H2,1-4H3. The molecule has 0 aromatic heterocycles. The van der Waals surface area contributed by atoms with E-state index in [0.29, 0.717) is 12.8 Å². The number of hydrogen-bond acceptors (Lipinski definition) is 2. The third-order valence-corrected chi connectivity index (χ3v) is 5.27. The Labute approximate surface area is 170 Å². The van der Waals surface area contributed by atoms with E-state index >= 15 is 0 Å². The molecule has 0 aliphatic carbocycles. The first kappa shape index (κ1) is 22.1. The van der Waals surface area contributed by atoms with Gasteiger partial charge in [-0.05, 0) is 53.6 Å². The van der Waals surface area contributed by atoms with Gasteiger partial charge >= 0.3 is 0 Å². The minimum Gasteiger partial charge on any atom is -0.299 e. The zero-order valence-corrected chi connectivity index (χ0v) is 17.9. The second-order valence-electron chi connectivity index (χ2n) is 7.54. The van der Waals surface area contributed by atoms with E-state index in [9.17, 15) is 9.59 Å². The van der Waals surface area contributed by atoms with Gasteiger partial charge in [-0.15, -0.1) is 0 Å². The van der Waals surface area contributed by atoms with Gasteiger partial charge in [-0.2, -0.15) is 0 Å². The van der Waals surface area contributed by atoms with Gasteiger partial charge in [-0.1, -0.05) is 70.9 Å². The van der Waals surface area contributed by atoms with E-state index in [1.54, 1.807) is 0 Å². The Morgan fingerprint density at radius 1 is 0.821 bits per heavy atom. The zero-order valence-electron chi connectivity index (χ0n) is 17.9. The molecule has 0 spiro atoms. The maximum atomic E-state index is 13.3. The average Bonchev–Trinajstić information content (AvgIpc) is 2.70. The van der Waals surface area contributed by atoms with Crippen molar-refractivity contribution in [2.24, 2.45) is 0 Å². The molecule has 150 valence electrons. The molecule has 0 heterocycles. The molecule has 0 amide bonds. The number of aryl methyl sites for hydroxylation is 2. The summed E-state index contributed by atoms with van der Waals surface area (Å²) in [6, 6.07) is 14.3. The van der Waals surface area contributed by atoms with Crippen LogP contribution >= 0.6 is 0 Å². The molecule has 1 unspecified atom stereocenters. The lowest BCUT2D eigenvalue weighted by Crippen LogP contribution is -2.19. The van der Waals surface area contributed by atoms with Crippen LogP contribution in [0.5, 0.6) is 0 Å². The molecule has 0 saturated carbocycles. The van der Waals surface area contributed by atoms with Crippen LogP contribution in [-0.4, -0.2) is 11.6 Å². The summed E-state index contributed by atoms with van der Waals surface area (Å²) in [5.74, 6) is 0.213. The molecule has 2 aromatic rings. The van der Waals surface area contributed by atoms with Crippen molar-refractivity contribution in [2.45, 2.75) is 78.6 Å². The highest BCUT2D eigenvalue weighted by Gasteiger charge is 2.27. The first-order valence-corrected chi connectivity index (χ1v) is 10.8. The van der Waals surface area contributed by atoms with Gasteiger partial charge in [0.2, 0.25) is 0 Å². The third-order valence-electron chi connectivity index (χ3n) is 5.27. The van der Waals surface area contributed by atoms with Crippen LogP contribution in [0, 0.1) is 0 Å². The zero-order chi connectivity index (χ0) is 20.5. The van der Waals surface area contributed by atoms with Crippen molar-refractivity contribution in [3.8, 4) is 0 Å². The fourth-order valence-corrected chi connectivity index (χ4v) is 4.02. The molecule has 0 saturated heterocycles. The predicted molar refractivity (Wildman–Crippen MR) is 117 cm³/mol. The molecule has 2 aromatic carbocycles. The van der Waals surface area contributed by atoms with Crippen LogP contribution < -0.4 is 0 Å². The monoisotopic (exact) mass is 378 g/mol. The molecular weight excluding hydrogens is 344 g/mol. The van der Waals surface area contributed by atoms with Crippen molar-refractivity contribution < 1.29 is 9.59 Å². The minimum atomic E-state index is -0.241. The van der Waals surface area contributed by atoms with Crippen LogP contribution in [0.1, 0.15) is 98.3 Å². The summed E-state index contributed by atoms with van der Waals surface area (Å²) in [4.78, 5) is 25.7. The van der Waals surface area contributed by atoms with Crippen LogP contribution in [-0.2, 0) is 17.6 Å². The van der Waals surface area contributed by atoms with Gasteiger partial charge < -0.3 is 0 Å². The molecule has 1 atom stereocenters. The molecular formula is C26H34O2. The lowest BCUT2D eigenvalue weighted by Gasteiger charge is -2.24. The molecule has 2 nitrogen and oxygen atoms in total. The van der Waals surface area contributed by atoms with E-state index in [1.807, 2.05) is 25.1 Å². The van der Waals surface area contributed by atoms with E-state index < -0.39 is 0 Å². The summed E-state index contributed by atoms with van der Waals surface area (Å²) in [7, 11) is 0. The van der Waals surface area contributed by atoms with Gasteiger partial charge in [0.1, 0.15) is 5.78 Å². The van der Waals surface area contributed by atoms with Crippen LogP contribution in [0.4, 0.5) is 0 Å². The maximum absolute atomic E-state index is 13.3. The van der Waals surface area contributed by atoms with Crippen molar-refractivity contribution in [1.82, 2.24) is 0 Å². The predicted octanol–water partition coefficient (Wildman–Crippen LogP) is 6.69. The fourth-order valence-electron chi connectivity index (χ4n) is 4.02. The summed E-state index contributed by atoms with van der Waals surface area (Å²) >= 11 is 0. The third kappa shape index (κ3) is 5.19. The molecule has 0 bridgehead atoms. The summed E-state index contributed by atoms with van der Waals surface area (Å²) < 4.78 is 0. The van der Waals surface area contributed by atoms with Crippen molar-refractivity contribution >= 4 is 11.6 Å². The Morgan fingerprint density at radius 2 is 1.39 bits per heavy atom. The second-order valence-corrected chi connectivity index (χ2v) is 7.54. The molecule has 0 aliphatic rings. The quantitative estimate of drug-likeness (QED) is 0.408. The van der Waals surface area contributed by atoms with E-state index in [1.165, 1.54) is 11.1 Å². The second kappa shape index (κ2) is 10.9. The first-order chi connectivity index (χ1) is 13.6. The first-order valence-electron chi connectivity index (χ1n) is 10.8. The number of rotatable bonds is 11. The SMILES string of the molecule is CCCC(=O)C(c1ccccc1)c1c(CCC)cc(C(=O)CC)cc1CCC. The molecule has 0 radical (unpaired) electrons. The molecule has 0 aliphatic heterocycles. The topological polar surface area (TPSA) is 34.1 Å². The normalized spacial score (nSPS) is 12.0. The van der Waals surface area contributed by atoms with Crippen molar-refractivity contribution in [3.63, 3.8) is 0 Å². The summed E-state index contributed by atoms with van der Waals surface area (Å²) in [5, 5.41) is 0. The van der Waals surface area contributed by atoms with Crippen molar-refractivity contribution in [2.75, 3.05) is 0 Å². The highest BCUT2D eigenvalue weighted by molar-refractivity contribution is 5.97. The van der Waals surface area contributed by atoms with Crippen molar-refractivity contribution in [3.05, 3.63) is 70.3 Å². The Hall–Kier alpha value is -2.22. The number of benzene rings is 2. The highest BCUT2D eigenvalue weighted by atomic mass is 16.1. The fraction of sp³-hybridized carbons (Fsp3) is 0.462. The summed E-state index contributed by atoms with van der Waals surface area (Å²) in [6.45, 7) is 8.28. The Morgan fingerprint density at radius 3 is 1.86 bits per heavy atom. The highest BCUT2D eigenvalue weighted by Crippen LogP contribution is 2.35. The van der Waals surface area contributed by atoms with E-state index in [2.05, 4.69) is 45.0 Å². The molecule has 2 heteroatoms. The van der Waals surface area contributed by atoms with Crippen molar-refractivity contribution in [1.29, 1.82) is 0 Å². The minimum absolute atomic E-state index is 0.178. The van der Waals surface area contributed by atoms with Crippen LogP contribution in [0.15, 0.2) is 42.5 Å². The number of carbonyl (C=O) groups is 2. The largest absolute Gasteiger partial charge is 0.299 e. The lowest BCUT2D eigenvalue weighted by atomic mass is 9.78. The smallest absolute Gasteiger partial charge is 0.162 e. The molecule has 0 N–H and O–H groups in total. The summed E-state index contributed by atoms with van der Waals surface area (Å²) in [6.07, 6.45) is 5.69. The van der Waals surface area contributed by atoms with Crippen LogP contribution in [0.3, 0.4) is 0 Å². The van der Waals surface area contributed by atoms with Crippen LogP contribution in [0.25, 0.3) is 0 Å². The average molecular weight is 379 g/mol.